The number of hydrogen-bond donors (Lipinski definition) is 1. The van der Waals surface area contributed by atoms with E-state index >= 15 is 0 Å². The van der Waals surface area contributed by atoms with Crippen LogP contribution in [0.4, 0.5) is 0 Å². The molecule has 1 saturated carbocycles. The van der Waals surface area contributed by atoms with Gasteiger partial charge in [-0.2, -0.15) is 0 Å². The van der Waals surface area contributed by atoms with Crippen LogP contribution in [0.1, 0.15) is 47.0 Å². The van der Waals surface area contributed by atoms with Crippen molar-refractivity contribution < 1.29 is 14.8 Å². The van der Waals surface area contributed by atoms with E-state index in [9.17, 15) is 20.0 Å². The van der Waals surface area contributed by atoms with E-state index in [1.54, 1.807) is 20.8 Å². The number of hydrogen-bond acceptors (Lipinski definition) is 4. The Morgan fingerprint density at radius 3 is 2.35 bits per heavy atom. The van der Waals surface area contributed by atoms with Crippen LogP contribution < -0.4 is 0 Å². The highest BCUT2D eigenvalue weighted by molar-refractivity contribution is 5.79. The number of rotatable bonds is 3. The summed E-state index contributed by atoms with van der Waals surface area (Å²) in [6.45, 7) is 6.61. The summed E-state index contributed by atoms with van der Waals surface area (Å²) in [6.07, 6.45) is 0.769. The van der Waals surface area contributed by atoms with Crippen molar-refractivity contribution in [2.45, 2.75) is 58.1 Å². The molecule has 0 aromatic carbocycles. The molecule has 0 unspecified atom stereocenters. The van der Waals surface area contributed by atoms with E-state index < -0.39 is 17.1 Å². The molecular weight excluding hydrogens is 222 g/mol. The summed E-state index contributed by atoms with van der Waals surface area (Å²) >= 11 is 0. The Hall–Kier alpha value is -0.970. The van der Waals surface area contributed by atoms with Crippen molar-refractivity contribution in [1.29, 1.82) is 0 Å². The van der Waals surface area contributed by atoms with Crippen molar-refractivity contribution in [2.75, 3.05) is 0 Å². The van der Waals surface area contributed by atoms with Crippen LogP contribution in [0.25, 0.3) is 0 Å². The summed E-state index contributed by atoms with van der Waals surface area (Å²) in [5.41, 5.74) is -2.18. The van der Waals surface area contributed by atoms with Crippen LogP contribution in [0.5, 0.6) is 0 Å². The van der Waals surface area contributed by atoms with Gasteiger partial charge in [-0.05, 0) is 20.3 Å². The van der Waals surface area contributed by atoms with E-state index in [4.69, 9.17) is 0 Å². The molecule has 5 heteroatoms. The van der Waals surface area contributed by atoms with E-state index in [1.807, 2.05) is 0 Å². The molecule has 1 rings (SSSR count). The smallest absolute Gasteiger partial charge is 0.225 e. The van der Waals surface area contributed by atoms with Crippen molar-refractivity contribution in [3.8, 4) is 0 Å². The molecule has 0 aromatic rings. The summed E-state index contributed by atoms with van der Waals surface area (Å²) < 4.78 is 0. The molecule has 1 aliphatic rings. The van der Waals surface area contributed by atoms with Gasteiger partial charge >= 0.3 is 0 Å². The van der Waals surface area contributed by atoms with Crippen LogP contribution in [-0.4, -0.2) is 27.0 Å². The van der Waals surface area contributed by atoms with Crippen LogP contribution in [0.2, 0.25) is 0 Å². The van der Waals surface area contributed by atoms with Gasteiger partial charge in [-0.1, -0.05) is 13.8 Å². The highest BCUT2D eigenvalue weighted by Crippen LogP contribution is 2.44. The molecule has 17 heavy (non-hydrogen) atoms. The van der Waals surface area contributed by atoms with Crippen molar-refractivity contribution in [3.63, 3.8) is 0 Å². The first kappa shape index (κ1) is 14.1. The number of nitro groups is 1. The van der Waals surface area contributed by atoms with Gasteiger partial charge in [0.05, 0.1) is 11.5 Å². The quantitative estimate of drug-likeness (QED) is 0.605. The second-order valence-corrected chi connectivity index (χ2v) is 5.74. The molecular formula is C12H21NO4. The fourth-order valence-corrected chi connectivity index (χ4v) is 2.80. The average Bonchev–Trinajstić information content (AvgIpc) is 2.15. The fourth-order valence-electron chi connectivity index (χ4n) is 2.80. The van der Waals surface area contributed by atoms with Gasteiger partial charge in [0.25, 0.3) is 0 Å². The lowest BCUT2D eigenvalue weighted by atomic mass is 9.63. The zero-order valence-corrected chi connectivity index (χ0v) is 10.9. The third-order valence-corrected chi connectivity index (χ3v) is 4.30. The van der Waals surface area contributed by atoms with E-state index in [2.05, 4.69) is 0 Å². The largest absolute Gasteiger partial charge is 0.389 e. The SMILES string of the molecule is CC(=O)[C@H]1C[C@](C(C)C)([N+](=O)[O-])CC[C@@]1(C)O. The van der Waals surface area contributed by atoms with Gasteiger partial charge in [0.15, 0.2) is 0 Å². The minimum atomic E-state index is -1.11. The maximum atomic E-state index is 11.6. The predicted molar refractivity (Wildman–Crippen MR) is 63.2 cm³/mol. The van der Waals surface area contributed by atoms with Crippen molar-refractivity contribution >= 4 is 5.78 Å². The Morgan fingerprint density at radius 1 is 1.47 bits per heavy atom. The van der Waals surface area contributed by atoms with E-state index in [0.717, 1.165) is 0 Å². The van der Waals surface area contributed by atoms with Gasteiger partial charge in [-0.25, -0.2) is 0 Å². The Balaban J connectivity index is 3.09. The first-order valence-electron chi connectivity index (χ1n) is 6.01. The second kappa shape index (κ2) is 4.37. The van der Waals surface area contributed by atoms with Crippen LogP contribution in [0, 0.1) is 22.0 Å². The van der Waals surface area contributed by atoms with E-state index in [-0.39, 0.29) is 23.0 Å². The Kier molecular flexibility index (Phi) is 3.62. The molecule has 1 N–H and O–H groups in total. The summed E-state index contributed by atoms with van der Waals surface area (Å²) in [5, 5.41) is 21.5. The zero-order chi connectivity index (χ0) is 13.4. The van der Waals surface area contributed by atoms with Crippen molar-refractivity contribution in [1.82, 2.24) is 0 Å². The maximum Gasteiger partial charge on any atom is 0.225 e. The number of carbonyl (C=O) groups excluding carboxylic acids is 1. The average molecular weight is 243 g/mol. The third-order valence-electron chi connectivity index (χ3n) is 4.30. The molecule has 0 bridgehead atoms. The first-order chi connectivity index (χ1) is 7.63. The predicted octanol–water partition coefficient (Wildman–Crippen LogP) is 1.80. The zero-order valence-electron chi connectivity index (χ0n) is 10.9. The molecule has 0 heterocycles. The fraction of sp³-hybridized carbons (Fsp3) is 0.917. The third kappa shape index (κ3) is 2.34. The molecule has 0 aromatic heterocycles. The minimum Gasteiger partial charge on any atom is -0.389 e. The molecule has 0 saturated heterocycles. The Labute approximate surface area is 101 Å². The van der Waals surface area contributed by atoms with Gasteiger partial charge in [-0.3, -0.25) is 14.9 Å². The van der Waals surface area contributed by atoms with Gasteiger partial charge in [0.2, 0.25) is 5.54 Å². The molecule has 0 radical (unpaired) electrons. The minimum absolute atomic E-state index is 0.139. The molecule has 0 amide bonds. The van der Waals surface area contributed by atoms with E-state index in [1.165, 1.54) is 6.92 Å². The number of carbonyl (C=O) groups is 1. The van der Waals surface area contributed by atoms with Gasteiger partial charge in [-0.15, -0.1) is 0 Å². The van der Waals surface area contributed by atoms with Gasteiger partial charge in [0.1, 0.15) is 5.78 Å². The lowest BCUT2D eigenvalue weighted by Crippen LogP contribution is -2.56. The monoisotopic (exact) mass is 243 g/mol. The maximum absolute atomic E-state index is 11.6. The van der Waals surface area contributed by atoms with Crippen molar-refractivity contribution in [3.05, 3.63) is 10.1 Å². The molecule has 0 aliphatic heterocycles. The van der Waals surface area contributed by atoms with Crippen LogP contribution >= 0.6 is 0 Å². The molecule has 5 nitrogen and oxygen atoms in total. The molecule has 98 valence electrons. The van der Waals surface area contributed by atoms with Crippen LogP contribution in [-0.2, 0) is 4.79 Å². The highest BCUT2D eigenvalue weighted by atomic mass is 16.6. The number of ketones is 1. The number of nitrogens with zero attached hydrogens (tertiary/aromatic N) is 1. The topological polar surface area (TPSA) is 80.4 Å². The highest BCUT2D eigenvalue weighted by Gasteiger charge is 2.56. The molecule has 1 fully saturated rings. The second-order valence-electron chi connectivity index (χ2n) is 5.74. The number of Topliss-reactive ketones (excluding diaryl/α,β-unsaturated/α-hetero) is 1. The summed E-state index contributed by atoms with van der Waals surface area (Å²) in [5.74, 6) is -0.943. The lowest BCUT2D eigenvalue weighted by Gasteiger charge is -2.43. The molecule has 3 atom stereocenters. The summed E-state index contributed by atoms with van der Waals surface area (Å²) in [7, 11) is 0. The van der Waals surface area contributed by atoms with Crippen molar-refractivity contribution in [2.24, 2.45) is 11.8 Å². The number of aliphatic hydroxyl groups is 1. The normalized spacial score (nSPS) is 38.1. The van der Waals surface area contributed by atoms with E-state index in [0.29, 0.717) is 12.8 Å². The summed E-state index contributed by atoms with van der Waals surface area (Å²) in [6, 6.07) is 0. The van der Waals surface area contributed by atoms with Crippen LogP contribution in [0.15, 0.2) is 0 Å². The van der Waals surface area contributed by atoms with Gasteiger partial charge < -0.3 is 5.11 Å². The molecule has 1 aliphatic carbocycles. The van der Waals surface area contributed by atoms with Crippen LogP contribution in [0.3, 0.4) is 0 Å². The summed E-state index contributed by atoms with van der Waals surface area (Å²) in [4.78, 5) is 22.6. The Morgan fingerprint density at radius 2 is 2.00 bits per heavy atom. The Bertz CT molecular complexity index is 337. The van der Waals surface area contributed by atoms with Gasteiger partial charge in [0, 0.05) is 23.7 Å². The molecule has 0 spiro atoms. The standard InChI is InChI=1S/C12H21NO4/c1-8(2)12(13(16)17)6-5-11(4,15)10(7-12)9(3)14/h8,10,15H,5-7H2,1-4H3/t10-,11-,12-/m1/s1. The lowest BCUT2D eigenvalue weighted by molar-refractivity contribution is -0.587. The first-order valence-corrected chi connectivity index (χ1v) is 6.01.